The minimum atomic E-state index is 0.116. The van der Waals surface area contributed by atoms with E-state index in [1.807, 2.05) is 27.0 Å². The molecule has 0 fully saturated rings. The normalized spacial score (nSPS) is 11.3. The molecule has 0 aliphatic rings. The molecule has 1 rings (SSSR count). The number of benzene rings is 1. The predicted octanol–water partition coefficient (Wildman–Crippen LogP) is 2.34. The van der Waals surface area contributed by atoms with Gasteiger partial charge in [0.05, 0.1) is 0 Å². The zero-order chi connectivity index (χ0) is 16.6. The SMILES string of the molecule is CCN.CNCCC[C@@H](C)C(=O)NCCCc1ccccc1. The third-order valence-corrected chi connectivity index (χ3v) is 3.30. The van der Waals surface area contributed by atoms with E-state index in [-0.39, 0.29) is 11.8 Å². The van der Waals surface area contributed by atoms with Crippen molar-refractivity contribution in [3.05, 3.63) is 35.9 Å². The minimum Gasteiger partial charge on any atom is -0.356 e. The summed E-state index contributed by atoms with van der Waals surface area (Å²) < 4.78 is 0. The van der Waals surface area contributed by atoms with Gasteiger partial charge in [0.15, 0.2) is 0 Å². The fraction of sp³-hybridized carbons (Fsp3) is 0.611. The smallest absolute Gasteiger partial charge is 0.222 e. The van der Waals surface area contributed by atoms with Crippen LogP contribution in [0.2, 0.25) is 0 Å². The van der Waals surface area contributed by atoms with Crippen LogP contribution in [0.25, 0.3) is 0 Å². The van der Waals surface area contributed by atoms with Crippen LogP contribution in [0.1, 0.15) is 38.7 Å². The second-order valence-electron chi connectivity index (χ2n) is 5.44. The zero-order valence-electron chi connectivity index (χ0n) is 14.4. The van der Waals surface area contributed by atoms with Crippen LogP contribution in [-0.2, 0) is 11.2 Å². The van der Waals surface area contributed by atoms with Gasteiger partial charge in [0, 0.05) is 12.5 Å². The molecule has 0 heterocycles. The van der Waals surface area contributed by atoms with E-state index >= 15 is 0 Å². The van der Waals surface area contributed by atoms with E-state index < -0.39 is 0 Å². The van der Waals surface area contributed by atoms with Crippen LogP contribution in [0.3, 0.4) is 0 Å². The Morgan fingerprint density at radius 1 is 1.18 bits per heavy atom. The largest absolute Gasteiger partial charge is 0.356 e. The molecule has 0 aliphatic heterocycles. The van der Waals surface area contributed by atoms with Crippen molar-refractivity contribution in [2.45, 2.75) is 39.5 Å². The second kappa shape index (κ2) is 14.5. The lowest BCUT2D eigenvalue weighted by Crippen LogP contribution is -2.30. The average Bonchev–Trinajstić information content (AvgIpc) is 2.53. The van der Waals surface area contributed by atoms with E-state index in [1.54, 1.807) is 0 Å². The first-order valence-electron chi connectivity index (χ1n) is 8.32. The van der Waals surface area contributed by atoms with E-state index in [2.05, 4.69) is 34.9 Å². The van der Waals surface area contributed by atoms with Gasteiger partial charge in [-0.3, -0.25) is 4.79 Å². The van der Waals surface area contributed by atoms with Crippen molar-refractivity contribution >= 4 is 5.91 Å². The summed E-state index contributed by atoms with van der Waals surface area (Å²) in [4.78, 5) is 11.8. The third kappa shape index (κ3) is 11.3. The summed E-state index contributed by atoms with van der Waals surface area (Å²) in [6.45, 7) is 6.40. The molecule has 4 nitrogen and oxygen atoms in total. The molecular formula is C18H33N3O. The Balaban J connectivity index is 0.00000135. The molecule has 0 bridgehead atoms. The van der Waals surface area contributed by atoms with Crippen molar-refractivity contribution in [2.24, 2.45) is 11.7 Å². The number of nitrogens with one attached hydrogen (secondary N) is 2. The van der Waals surface area contributed by atoms with Crippen molar-refractivity contribution in [1.82, 2.24) is 10.6 Å². The quantitative estimate of drug-likeness (QED) is 0.613. The molecule has 0 unspecified atom stereocenters. The van der Waals surface area contributed by atoms with Crippen LogP contribution in [0, 0.1) is 5.92 Å². The molecule has 4 heteroatoms. The zero-order valence-corrected chi connectivity index (χ0v) is 14.4. The summed E-state index contributed by atoms with van der Waals surface area (Å²) in [5.41, 5.74) is 6.18. The Hall–Kier alpha value is -1.39. The number of nitrogens with two attached hydrogens (primary N) is 1. The van der Waals surface area contributed by atoms with Crippen molar-refractivity contribution in [2.75, 3.05) is 26.7 Å². The van der Waals surface area contributed by atoms with Crippen LogP contribution >= 0.6 is 0 Å². The lowest BCUT2D eigenvalue weighted by atomic mass is 10.0. The Labute approximate surface area is 135 Å². The van der Waals surface area contributed by atoms with E-state index in [1.165, 1.54) is 5.56 Å². The molecular weight excluding hydrogens is 274 g/mol. The van der Waals surface area contributed by atoms with Gasteiger partial charge in [-0.2, -0.15) is 0 Å². The maximum absolute atomic E-state index is 11.8. The monoisotopic (exact) mass is 307 g/mol. The van der Waals surface area contributed by atoms with Crippen LogP contribution in [0.4, 0.5) is 0 Å². The van der Waals surface area contributed by atoms with Gasteiger partial charge >= 0.3 is 0 Å². The molecule has 0 saturated carbocycles. The Bertz CT molecular complexity index is 368. The average molecular weight is 307 g/mol. The van der Waals surface area contributed by atoms with E-state index in [9.17, 15) is 4.79 Å². The molecule has 1 amide bonds. The fourth-order valence-corrected chi connectivity index (χ4v) is 2.04. The van der Waals surface area contributed by atoms with Crippen LogP contribution < -0.4 is 16.4 Å². The van der Waals surface area contributed by atoms with Crippen LogP contribution in [0.15, 0.2) is 30.3 Å². The molecule has 1 aromatic rings. The Morgan fingerprint density at radius 3 is 2.41 bits per heavy atom. The van der Waals surface area contributed by atoms with Gasteiger partial charge in [0.25, 0.3) is 0 Å². The van der Waals surface area contributed by atoms with E-state index in [4.69, 9.17) is 5.73 Å². The summed E-state index contributed by atoms with van der Waals surface area (Å²) in [5.74, 6) is 0.300. The molecule has 0 saturated heterocycles. The van der Waals surface area contributed by atoms with Gasteiger partial charge < -0.3 is 16.4 Å². The van der Waals surface area contributed by atoms with Crippen molar-refractivity contribution in [3.8, 4) is 0 Å². The van der Waals surface area contributed by atoms with Gasteiger partial charge in [-0.25, -0.2) is 0 Å². The van der Waals surface area contributed by atoms with E-state index in [0.29, 0.717) is 0 Å². The first-order chi connectivity index (χ1) is 10.7. The van der Waals surface area contributed by atoms with Crippen LogP contribution in [0.5, 0.6) is 0 Å². The van der Waals surface area contributed by atoms with E-state index in [0.717, 1.165) is 45.3 Å². The summed E-state index contributed by atoms with van der Waals surface area (Å²) in [6, 6.07) is 10.4. The lowest BCUT2D eigenvalue weighted by molar-refractivity contribution is -0.124. The summed E-state index contributed by atoms with van der Waals surface area (Å²) in [5, 5.41) is 6.12. The molecule has 126 valence electrons. The maximum atomic E-state index is 11.8. The van der Waals surface area contributed by atoms with Gasteiger partial charge in [-0.1, -0.05) is 44.2 Å². The van der Waals surface area contributed by atoms with Crippen molar-refractivity contribution in [1.29, 1.82) is 0 Å². The van der Waals surface area contributed by atoms with Gasteiger partial charge in [0.1, 0.15) is 0 Å². The number of amides is 1. The molecule has 1 aromatic carbocycles. The van der Waals surface area contributed by atoms with Gasteiger partial charge in [0.2, 0.25) is 5.91 Å². The second-order valence-corrected chi connectivity index (χ2v) is 5.44. The summed E-state index contributed by atoms with van der Waals surface area (Å²) >= 11 is 0. The summed E-state index contributed by atoms with van der Waals surface area (Å²) in [6.07, 6.45) is 4.02. The lowest BCUT2D eigenvalue weighted by Gasteiger charge is -2.12. The molecule has 0 aromatic heterocycles. The first-order valence-corrected chi connectivity index (χ1v) is 8.32. The standard InChI is InChI=1S/C16H26N2O.C2H7N/c1-14(8-6-12-17-2)16(19)18-13-7-11-15-9-4-3-5-10-15;1-2-3/h3-5,9-10,14,17H,6-8,11-13H2,1-2H3,(H,18,19);2-3H2,1H3/t14-;/m1./s1. The molecule has 0 aliphatic carbocycles. The predicted molar refractivity (Wildman–Crippen MR) is 94.8 cm³/mol. The number of carbonyl (C=O) groups excluding carboxylic acids is 1. The minimum absolute atomic E-state index is 0.116. The van der Waals surface area contributed by atoms with Gasteiger partial charge in [-0.05, 0) is 51.4 Å². The van der Waals surface area contributed by atoms with Crippen LogP contribution in [-0.4, -0.2) is 32.6 Å². The number of hydrogen-bond acceptors (Lipinski definition) is 3. The third-order valence-electron chi connectivity index (χ3n) is 3.30. The number of carbonyl (C=O) groups is 1. The summed E-state index contributed by atoms with van der Waals surface area (Å²) in [7, 11) is 1.94. The molecule has 22 heavy (non-hydrogen) atoms. The number of hydrogen-bond donors (Lipinski definition) is 3. The number of aryl methyl sites for hydroxylation is 1. The maximum Gasteiger partial charge on any atom is 0.222 e. The van der Waals surface area contributed by atoms with Gasteiger partial charge in [-0.15, -0.1) is 0 Å². The highest BCUT2D eigenvalue weighted by molar-refractivity contribution is 5.78. The first kappa shape index (κ1) is 20.6. The van der Waals surface area contributed by atoms with Crippen molar-refractivity contribution < 1.29 is 4.79 Å². The highest BCUT2D eigenvalue weighted by Gasteiger charge is 2.11. The number of rotatable bonds is 9. The molecule has 4 N–H and O–H groups in total. The van der Waals surface area contributed by atoms with Crippen molar-refractivity contribution in [3.63, 3.8) is 0 Å². The fourth-order valence-electron chi connectivity index (χ4n) is 2.04. The molecule has 0 spiro atoms. The Kier molecular flexibility index (Phi) is 13.6. The topological polar surface area (TPSA) is 67.1 Å². The molecule has 1 atom stereocenters. The highest BCUT2D eigenvalue weighted by atomic mass is 16.1. The molecule has 0 radical (unpaired) electrons. The Morgan fingerprint density at radius 2 is 1.82 bits per heavy atom. The highest BCUT2D eigenvalue weighted by Crippen LogP contribution is 2.05.